The second-order valence-corrected chi connectivity index (χ2v) is 7.93. The molecule has 1 N–H and O–H groups in total. The molecule has 2 aromatic carbocycles. The van der Waals surface area contributed by atoms with Crippen LogP contribution in [-0.2, 0) is 4.79 Å². The Kier molecular flexibility index (Phi) is 4.91. The molecule has 0 bridgehead atoms. The molecule has 6 heteroatoms. The van der Waals surface area contributed by atoms with Crippen molar-refractivity contribution in [2.45, 2.75) is 32.3 Å². The molecule has 1 atom stereocenters. The van der Waals surface area contributed by atoms with Gasteiger partial charge in [-0.3, -0.25) is 4.79 Å². The Labute approximate surface area is 175 Å². The SMILES string of the molecule is Cc1cc(N2CCCCC2)nc2ccc(NC(=O)[C@H]3COc4ccccc4O3)cc12. The van der Waals surface area contributed by atoms with E-state index >= 15 is 0 Å². The summed E-state index contributed by atoms with van der Waals surface area (Å²) in [5, 5.41) is 4.00. The molecule has 6 nitrogen and oxygen atoms in total. The van der Waals surface area contributed by atoms with Gasteiger partial charge in [0, 0.05) is 24.2 Å². The molecule has 1 amide bonds. The van der Waals surface area contributed by atoms with Crippen LogP contribution in [0.15, 0.2) is 48.5 Å². The fourth-order valence-corrected chi connectivity index (χ4v) is 4.11. The minimum absolute atomic E-state index is 0.191. The monoisotopic (exact) mass is 403 g/mol. The van der Waals surface area contributed by atoms with Gasteiger partial charge in [-0.05, 0) is 68.1 Å². The number of hydrogen-bond acceptors (Lipinski definition) is 5. The van der Waals surface area contributed by atoms with Crippen LogP contribution in [0.3, 0.4) is 0 Å². The summed E-state index contributed by atoms with van der Waals surface area (Å²) in [6.45, 7) is 4.42. The van der Waals surface area contributed by atoms with Crippen LogP contribution in [0.25, 0.3) is 10.9 Å². The summed E-state index contributed by atoms with van der Waals surface area (Å²) in [6.07, 6.45) is 3.06. The van der Waals surface area contributed by atoms with Crippen molar-refractivity contribution in [3.63, 3.8) is 0 Å². The van der Waals surface area contributed by atoms with Crippen LogP contribution in [0.2, 0.25) is 0 Å². The first-order chi connectivity index (χ1) is 14.7. The predicted molar refractivity (Wildman–Crippen MR) is 118 cm³/mol. The molecule has 0 saturated carbocycles. The van der Waals surface area contributed by atoms with Gasteiger partial charge in [-0.2, -0.15) is 0 Å². The van der Waals surface area contributed by atoms with Crippen molar-refractivity contribution in [2.75, 3.05) is 29.9 Å². The number of pyridine rings is 1. The molecule has 2 aliphatic heterocycles. The van der Waals surface area contributed by atoms with E-state index in [-0.39, 0.29) is 12.5 Å². The number of ether oxygens (including phenoxy) is 2. The average Bonchev–Trinajstić information content (AvgIpc) is 2.79. The largest absolute Gasteiger partial charge is 0.485 e. The van der Waals surface area contributed by atoms with Gasteiger partial charge in [0.1, 0.15) is 12.4 Å². The van der Waals surface area contributed by atoms with Crippen LogP contribution in [-0.4, -0.2) is 36.7 Å². The predicted octanol–water partition coefficient (Wildman–Crippen LogP) is 4.31. The second kappa shape index (κ2) is 7.86. The first-order valence-corrected chi connectivity index (χ1v) is 10.5. The molecule has 5 rings (SSSR count). The van der Waals surface area contributed by atoms with Crippen LogP contribution < -0.4 is 19.7 Å². The van der Waals surface area contributed by atoms with E-state index in [0.29, 0.717) is 11.5 Å². The summed E-state index contributed by atoms with van der Waals surface area (Å²) >= 11 is 0. The van der Waals surface area contributed by atoms with Gasteiger partial charge < -0.3 is 19.7 Å². The van der Waals surface area contributed by atoms with Crippen LogP contribution in [0.1, 0.15) is 24.8 Å². The number of hydrogen-bond donors (Lipinski definition) is 1. The van der Waals surface area contributed by atoms with Crippen molar-refractivity contribution >= 4 is 28.3 Å². The van der Waals surface area contributed by atoms with Crippen molar-refractivity contribution < 1.29 is 14.3 Å². The molecule has 0 radical (unpaired) electrons. The summed E-state index contributed by atoms with van der Waals surface area (Å²) in [5.74, 6) is 2.08. The summed E-state index contributed by atoms with van der Waals surface area (Å²) in [4.78, 5) is 19.9. The van der Waals surface area contributed by atoms with Gasteiger partial charge in [0.2, 0.25) is 6.10 Å². The maximum absolute atomic E-state index is 12.7. The van der Waals surface area contributed by atoms with E-state index in [2.05, 4.69) is 23.2 Å². The highest BCUT2D eigenvalue weighted by atomic mass is 16.6. The van der Waals surface area contributed by atoms with Crippen LogP contribution >= 0.6 is 0 Å². The molecule has 0 unspecified atom stereocenters. The highest BCUT2D eigenvalue weighted by Crippen LogP contribution is 2.31. The first kappa shape index (κ1) is 18.7. The van der Waals surface area contributed by atoms with E-state index < -0.39 is 6.10 Å². The quantitative estimate of drug-likeness (QED) is 0.706. The fraction of sp³-hybridized carbons (Fsp3) is 0.333. The number of anilines is 2. The molecule has 3 aromatic rings. The van der Waals surface area contributed by atoms with Crippen molar-refractivity contribution in [1.29, 1.82) is 0 Å². The summed E-state index contributed by atoms with van der Waals surface area (Å²) in [5.41, 5.74) is 2.83. The normalized spacial score (nSPS) is 18.3. The van der Waals surface area contributed by atoms with Gasteiger partial charge in [0.25, 0.3) is 5.91 Å². The van der Waals surface area contributed by atoms with Gasteiger partial charge >= 0.3 is 0 Å². The van der Waals surface area contributed by atoms with Crippen molar-refractivity contribution in [2.24, 2.45) is 0 Å². The number of benzene rings is 2. The van der Waals surface area contributed by atoms with Crippen molar-refractivity contribution in [3.05, 3.63) is 54.1 Å². The van der Waals surface area contributed by atoms with E-state index in [1.165, 1.54) is 19.3 Å². The number of aromatic nitrogens is 1. The summed E-state index contributed by atoms with van der Waals surface area (Å²) < 4.78 is 11.5. The lowest BCUT2D eigenvalue weighted by Crippen LogP contribution is -2.40. The maximum Gasteiger partial charge on any atom is 0.269 e. The van der Waals surface area contributed by atoms with Gasteiger partial charge in [0.05, 0.1) is 5.52 Å². The number of para-hydroxylation sites is 2. The summed E-state index contributed by atoms with van der Waals surface area (Å²) in [7, 11) is 0. The molecular weight excluding hydrogens is 378 g/mol. The van der Waals surface area contributed by atoms with E-state index in [4.69, 9.17) is 14.5 Å². The fourth-order valence-electron chi connectivity index (χ4n) is 4.11. The average molecular weight is 403 g/mol. The molecule has 1 fully saturated rings. The number of carbonyl (C=O) groups excluding carboxylic acids is 1. The van der Waals surface area contributed by atoms with E-state index in [0.717, 1.165) is 41.1 Å². The number of amides is 1. The van der Waals surface area contributed by atoms with Gasteiger partial charge in [0.15, 0.2) is 11.5 Å². The Balaban J connectivity index is 1.34. The standard InChI is InChI=1S/C24H25N3O3/c1-16-13-23(27-11-5-2-6-12-27)26-19-10-9-17(14-18(16)19)25-24(28)22-15-29-20-7-3-4-8-21(20)30-22/h3-4,7-10,13-14,22H,2,5-6,11-12,15H2,1H3,(H,25,28)/t22-/m1/s1. The lowest BCUT2D eigenvalue weighted by molar-refractivity contribution is -0.125. The van der Waals surface area contributed by atoms with Crippen LogP contribution in [0.4, 0.5) is 11.5 Å². The summed E-state index contributed by atoms with van der Waals surface area (Å²) in [6, 6.07) is 15.4. The Hall–Kier alpha value is -3.28. The highest BCUT2D eigenvalue weighted by Gasteiger charge is 2.27. The lowest BCUT2D eigenvalue weighted by atomic mass is 10.1. The molecule has 0 spiro atoms. The topological polar surface area (TPSA) is 63.7 Å². The third-order valence-corrected chi connectivity index (χ3v) is 5.75. The molecule has 1 aromatic heterocycles. The molecule has 154 valence electrons. The van der Waals surface area contributed by atoms with Gasteiger partial charge in [-0.25, -0.2) is 4.98 Å². The number of nitrogens with zero attached hydrogens (tertiary/aromatic N) is 2. The highest BCUT2D eigenvalue weighted by molar-refractivity contribution is 5.97. The van der Waals surface area contributed by atoms with Crippen LogP contribution in [0, 0.1) is 6.92 Å². The van der Waals surface area contributed by atoms with Gasteiger partial charge in [-0.1, -0.05) is 12.1 Å². The number of piperidine rings is 1. The smallest absolute Gasteiger partial charge is 0.269 e. The Morgan fingerprint density at radius 3 is 2.70 bits per heavy atom. The minimum atomic E-state index is -0.684. The maximum atomic E-state index is 12.7. The Bertz CT molecular complexity index is 1090. The molecule has 3 heterocycles. The van der Waals surface area contributed by atoms with E-state index in [1.54, 1.807) is 6.07 Å². The molecule has 2 aliphatic rings. The Morgan fingerprint density at radius 2 is 1.87 bits per heavy atom. The number of rotatable bonds is 3. The Morgan fingerprint density at radius 1 is 1.07 bits per heavy atom. The minimum Gasteiger partial charge on any atom is -0.485 e. The second-order valence-electron chi connectivity index (χ2n) is 7.93. The molecule has 0 aliphatic carbocycles. The van der Waals surface area contributed by atoms with Crippen molar-refractivity contribution in [3.8, 4) is 11.5 Å². The number of carbonyl (C=O) groups is 1. The zero-order valence-corrected chi connectivity index (χ0v) is 17.1. The molecular formula is C24H25N3O3. The molecule has 30 heavy (non-hydrogen) atoms. The first-order valence-electron chi connectivity index (χ1n) is 10.5. The number of aryl methyl sites for hydroxylation is 1. The van der Waals surface area contributed by atoms with Crippen molar-refractivity contribution in [1.82, 2.24) is 4.98 Å². The zero-order chi connectivity index (χ0) is 20.5. The van der Waals surface area contributed by atoms with E-state index in [1.807, 2.05) is 36.4 Å². The van der Waals surface area contributed by atoms with Gasteiger partial charge in [-0.15, -0.1) is 0 Å². The number of fused-ring (bicyclic) bond motifs is 2. The third kappa shape index (κ3) is 3.65. The third-order valence-electron chi connectivity index (χ3n) is 5.75. The zero-order valence-electron chi connectivity index (χ0n) is 17.1. The number of nitrogens with one attached hydrogen (secondary N) is 1. The lowest BCUT2D eigenvalue weighted by Gasteiger charge is -2.28. The van der Waals surface area contributed by atoms with Crippen LogP contribution in [0.5, 0.6) is 11.5 Å². The molecule has 1 saturated heterocycles. The van der Waals surface area contributed by atoms with E-state index in [9.17, 15) is 4.79 Å².